The molecule has 0 aliphatic carbocycles. The molecule has 0 amide bonds. The van der Waals surface area contributed by atoms with Crippen molar-refractivity contribution in [3.8, 4) is 50.7 Å². The maximum Gasteiger partial charge on any atom is 0.160 e. The number of nitrogens with zero attached hydrogens (tertiary/aromatic N) is 4. The highest BCUT2D eigenvalue weighted by Crippen LogP contribution is 2.38. The molecular formula is C43H28N4. The third-order valence-electron chi connectivity index (χ3n) is 8.93. The third kappa shape index (κ3) is 4.66. The standard InChI is InChI=1S/C43H28N4/c1-2-11-31(12-3-1)43-45-38(30-24-22-29(23-25-30)32-13-10-26-44-28-32)27-39(46-43)34-17-8-18-35-33(34)16-9-21-42(35)47-40-19-6-4-14-36(40)37-15-5-7-20-41(37)47/h1-28H. The van der Waals surface area contributed by atoms with E-state index in [0.29, 0.717) is 5.82 Å². The van der Waals surface area contributed by atoms with Crippen LogP contribution in [0.1, 0.15) is 0 Å². The van der Waals surface area contributed by atoms with Gasteiger partial charge >= 0.3 is 0 Å². The van der Waals surface area contributed by atoms with Gasteiger partial charge in [0.2, 0.25) is 0 Å². The highest BCUT2D eigenvalue weighted by molar-refractivity contribution is 6.11. The van der Waals surface area contributed by atoms with Gasteiger partial charge < -0.3 is 4.57 Å². The van der Waals surface area contributed by atoms with Crippen molar-refractivity contribution in [3.05, 3.63) is 170 Å². The molecule has 0 unspecified atom stereocenters. The van der Waals surface area contributed by atoms with Crippen molar-refractivity contribution in [2.45, 2.75) is 0 Å². The maximum atomic E-state index is 5.18. The Morgan fingerprint density at radius 3 is 1.77 bits per heavy atom. The van der Waals surface area contributed by atoms with Crippen LogP contribution in [0.3, 0.4) is 0 Å². The van der Waals surface area contributed by atoms with Crippen LogP contribution >= 0.6 is 0 Å². The fraction of sp³-hybridized carbons (Fsp3) is 0. The van der Waals surface area contributed by atoms with E-state index in [1.165, 1.54) is 27.2 Å². The molecule has 0 N–H and O–H groups in total. The number of para-hydroxylation sites is 2. The molecule has 47 heavy (non-hydrogen) atoms. The minimum atomic E-state index is 0.699. The Labute approximate surface area is 272 Å². The first-order chi connectivity index (χ1) is 23.3. The molecule has 0 spiro atoms. The predicted octanol–water partition coefficient (Wildman–Crippen LogP) is 10.8. The first kappa shape index (κ1) is 27.0. The van der Waals surface area contributed by atoms with Crippen LogP contribution in [0.25, 0.3) is 83.3 Å². The normalized spacial score (nSPS) is 11.4. The van der Waals surface area contributed by atoms with E-state index in [-0.39, 0.29) is 0 Å². The highest BCUT2D eigenvalue weighted by atomic mass is 15.0. The quantitative estimate of drug-likeness (QED) is 0.197. The highest BCUT2D eigenvalue weighted by Gasteiger charge is 2.17. The van der Waals surface area contributed by atoms with Gasteiger partial charge in [-0.1, -0.05) is 127 Å². The summed E-state index contributed by atoms with van der Waals surface area (Å²) in [7, 11) is 0. The number of pyridine rings is 1. The Morgan fingerprint density at radius 1 is 0.404 bits per heavy atom. The first-order valence-corrected chi connectivity index (χ1v) is 15.8. The topological polar surface area (TPSA) is 43.6 Å². The predicted molar refractivity (Wildman–Crippen MR) is 193 cm³/mol. The fourth-order valence-corrected chi connectivity index (χ4v) is 6.71. The van der Waals surface area contributed by atoms with E-state index >= 15 is 0 Å². The van der Waals surface area contributed by atoms with E-state index in [1.54, 1.807) is 6.20 Å². The van der Waals surface area contributed by atoms with Crippen molar-refractivity contribution in [1.82, 2.24) is 19.5 Å². The van der Waals surface area contributed by atoms with Crippen molar-refractivity contribution < 1.29 is 0 Å². The molecule has 0 aliphatic rings. The lowest BCUT2D eigenvalue weighted by atomic mass is 9.98. The monoisotopic (exact) mass is 600 g/mol. The molecule has 0 bridgehead atoms. The van der Waals surface area contributed by atoms with Crippen LogP contribution in [-0.4, -0.2) is 19.5 Å². The largest absolute Gasteiger partial charge is 0.309 e. The SMILES string of the molecule is c1ccc(-c2nc(-c3ccc(-c4cccnc4)cc3)cc(-c3cccc4c(-n5c6ccccc6c6ccccc65)cccc34)n2)cc1. The summed E-state index contributed by atoms with van der Waals surface area (Å²) in [6.45, 7) is 0. The second-order valence-corrected chi connectivity index (χ2v) is 11.7. The maximum absolute atomic E-state index is 5.18. The molecular weight excluding hydrogens is 573 g/mol. The van der Waals surface area contributed by atoms with E-state index < -0.39 is 0 Å². The van der Waals surface area contributed by atoms with Crippen LogP contribution in [0.2, 0.25) is 0 Å². The number of fused-ring (bicyclic) bond motifs is 4. The zero-order valence-electron chi connectivity index (χ0n) is 25.5. The average molecular weight is 601 g/mol. The summed E-state index contributed by atoms with van der Waals surface area (Å²) < 4.78 is 2.39. The van der Waals surface area contributed by atoms with Crippen LogP contribution in [0, 0.1) is 0 Å². The van der Waals surface area contributed by atoms with Gasteiger partial charge in [-0.3, -0.25) is 4.98 Å². The minimum Gasteiger partial charge on any atom is -0.309 e. The number of aromatic nitrogens is 4. The molecule has 3 heterocycles. The fourth-order valence-electron chi connectivity index (χ4n) is 6.71. The molecule has 9 rings (SSSR count). The lowest BCUT2D eigenvalue weighted by molar-refractivity contribution is 1.18. The van der Waals surface area contributed by atoms with Gasteiger partial charge in [-0.25, -0.2) is 9.97 Å². The molecule has 0 aliphatic heterocycles. The van der Waals surface area contributed by atoms with Gasteiger partial charge in [0.25, 0.3) is 0 Å². The zero-order valence-corrected chi connectivity index (χ0v) is 25.5. The van der Waals surface area contributed by atoms with Gasteiger partial charge in [0.05, 0.1) is 28.1 Å². The lowest BCUT2D eigenvalue weighted by Crippen LogP contribution is -1.98. The van der Waals surface area contributed by atoms with Crippen LogP contribution in [0.15, 0.2) is 170 Å². The summed E-state index contributed by atoms with van der Waals surface area (Å²) in [6.07, 6.45) is 3.68. The molecule has 0 saturated carbocycles. The van der Waals surface area contributed by atoms with Crippen LogP contribution in [0.4, 0.5) is 0 Å². The molecule has 220 valence electrons. The van der Waals surface area contributed by atoms with Gasteiger partial charge in [0, 0.05) is 45.2 Å². The van der Waals surface area contributed by atoms with E-state index in [2.05, 4.69) is 143 Å². The summed E-state index contributed by atoms with van der Waals surface area (Å²) in [5, 5.41) is 4.80. The van der Waals surface area contributed by atoms with Crippen LogP contribution in [-0.2, 0) is 0 Å². The van der Waals surface area contributed by atoms with E-state index in [9.17, 15) is 0 Å². The number of hydrogen-bond acceptors (Lipinski definition) is 3. The first-order valence-electron chi connectivity index (χ1n) is 15.8. The van der Waals surface area contributed by atoms with Gasteiger partial charge in [0.15, 0.2) is 5.82 Å². The molecule has 0 fully saturated rings. The summed E-state index contributed by atoms with van der Waals surface area (Å²) in [5.74, 6) is 0.699. The summed E-state index contributed by atoms with van der Waals surface area (Å²) in [4.78, 5) is 14.5. The van der Waals surface area contributed by atoms with Gasteiger partial charge in [-0.2, -0.15) is 0 Å². The number of benzene rings is 6. The molecule has 0 saturated heterocycles. The Morgan fingerprint density at radius 2 is 1.02 bits per heavy atom. The Kier molecular flexibility index (Phi) is 6.43. The molecule has 4 heteroatoms. The molecule has 3 aromatic heterocycles. The molecule has 9 aromatic rings. The van der Waals surface area contributed by atoms with Crippen molar-refractivity contribution >= 4 is 32.6 Å². The minimum absolute atomic E-state index is 0.699. The summed E-state index contributed by atoms with van der Waals surface area (Å²) >= 11 is 0. The number of rotatable bonds is 5. The molecule has 0 radical (unpaired) electrons. The lowest BCUT2D eigenvalue weighted by Gasteiger charge is -2.15. The van der Waals surface area contributed by atoms with Gasteiger partial charge in [-0.15, -0.1) is 0 Å². The molecule has 0 atom stereocenters. The summed E-state index contributed by atoms with van der Waals surface area (Å²) in [5.41, 5.74) is 10.6. The smallest absolute Gasteiger partial charge is 0.160 e. The Balaban J connectivity index is 1.24. The van der Waals surface area contributed by atoms with Crippen molar-refractivity contribution in [1.29, 1.82) is 0 Å². The van der Waals surface area contributed by atoms with Crippen molar-refractivity contribution in [2.75, 3.05) is 0 Å². The van der Waals surface area contributed by atoms with E-state index in [1.807, 2.05) is 30.5 Å². The Bertz CT molecular complexity index is 2500. The summed E-state index contributed by atoms with van der Waals surface area (Å²) in [6, 6.07) is 55.3. The second kappa shape index (κ2) is 11.2. The average Bonchev–Trinajstić information content (AvgIpc) is 3.49. The molecule has 4 nitrogen and oxygen atoms in total. The zero-order chi connectivity index (χ0) is 31.2. The van der Waals surface area contributed by atoms with Crippen LogP contribution in [0.5, 0.6) is 0 Å². The van der Waals surface area contributed by atoms with Crippen molar-refractivity contribution in [2.24, 2.45) is 0 Å². The van der Waals surface area contributed by atoms with Crippen LogP contribution < -0.4 is 0 Å². The van der Waals surface area contributed by atoms with E-state index in [4.69, 9.17) is 9.97 Å². The van der Waals surface area contributed by atoms with Gasteiger partial charge in [-0.05, 0) is 46.8 Å². The second-order valence-electron chi connectivity index (χ2n) is 11.7. The number of hydrogen-bond donors (Lipinski definition) is 0. The van der Waals surface area contributed by atoms with Crippen molar-refractivity contribution in [3.63, 3.8) is 0 Å². The van der Waals surface area contributed by atoms with Gasteiger partial charge in [0.1, 0.15) is 0 Å². The third-order valence-corrected chi connectivity index (χ3v) is 8.93. The van der Waals surface area contributed by atoms with E-state index in [0.717, 1.165) is 50.3 Å². The Hall–Kier alpha value is -6.39. The molecule has 6 aromatic carbocycles.